The molecular formula is C20H19N5O5S. The average Bonchev–Trinajstić information content (AvgIpc) is 3.22. The molecule has 0 aliphatic rings. The molecule has 2 amide bonds. The number of amides is 2. The summed E-state index contributed by atoms with van der Waals surface area (Å²) in [6, 6.07) is 10.5. The molecule has 0 saturated heterocycles. The smallest absolute Gasteiger partial charge is 0.273 e. The van der Waals surface area contributed by atoms with E-state index in [9.17, 15) is 19.7 Å². The number of aromatic nitrogens is 2. The number of anilines is 1. The number of carbonyl (C=O) groups excluding carboxylic acids is 2. The van der Waals surface area contributed by atoms with Crippen LogP contribution in [0.25, 0.3) is 10.6 Å². The van der Waals surface area contributed by atoms with Gasteiger partial charge in [0.2, 0.25) is 11.0 Å². The number of nitro groups is 1. The first-order chi connectivity index (χ1) is 14.8. The summed E-state index contributed by atoms with van der Waals surface area (Å²) in [4.78, 5) is 35.3. The van der Waals surface area contributed by atoms with Crippen molar-refractivity contribution in [3.05, 3.63) is 63.7 Å². The fourth-order valence-corrected chi connectivity index (χ4v) is 3.38. The molecule has 0 radical (unpaired) electrons. The third-order valence-corrected chi connectivity index (χ3v) is 5.29. The van der Waals surface area contributed by atoms with Gasteiger partial charge >= 0.3 is 0 Å². The minimum absolute atomic E-state index is 0.0923. The highest BCUT2D eigenvalue weighted by molar-refractivity contribution is 7.18. The molecule has 0 bridgehead atoms. The van der Waals surface area contributed by atoms with Crippen LogP contribution in [0.4, 0.5) is 10.8 Å². The van der Waals surface area contributed by atoms with Gasteiger partial charge in [-0.15, -0.1) is 10.2 Å². The molecule has 0 aliphatic heterocycles. The molecule has 1 unspecified atom stereocenters. The lowest BCUT2D eigenvalue weighted by Crippen LogP contribution is -2.41. The summed E-state index contributed by atoms with van der Waals surface area (Å²) in [7, 11) is 1.58. The van der Waals surface area contributed by atoms with Crippen molar-refractivity contribution in [1.82, 2.24) is 15.5 Å². The van der Waals surface area contributed by atoms with E-state index in [1.54, 1.807) is 26.2 Å². The number of nitrogens with zero attached hydrogens (tertiary/aromatic N) is 3. The van der Waals surface area contributed by atoms with E-state index in [-0.39, 0.29) is 16.4 Å². The number of methoxy groups -OCH3 is 1. The second kappa shape index (κ2) is 9.30. The van der Waals surface area contributed by atoms with E-state index >= 15 is 0 Å². The van der Waals surface area contributed by atoms with Crippen LogP contribution in [0.15, 0.2) is 42.5 Å². The zero-order valence-corrected chi connectivity index (χ0v) is 17.7. The third-order valence-electron chi connectivity index (χ3n) is 4.40. The molecule has 1 aromatic heterocycles. The lowest BCUT2D eigenvalue weighted by Gasteiger charge is -2.13. The summed E-state index contributed by atoms with van der Waals surface area (Å²) >= 11 is 1.18. The van der Waals surface area contributed by atoms with Crippen LogP contribution in [0.5, 0.6) is 5.75 Å². The van der Waals surface area contributed by atoms with Gasteiger partial charge in [0.15, 0.2) is 0 Å². The standard InChI is InChI=1S/C20H19N5O5S/c1-11-4-5-14(10-16(11)25(28)29)18(27)21-12(2)17(26)22-20-24-23-19(31-20)13-6-8-15(30-3)9-7-13/h4-10,12H,1-3H3,(H,21,27)(H,22,24,26). The average molecular weight is 441 g/mol. The maximum atomic E-state index is 12.4. The number of nitrogens with one attached hydrogen (secondary N) is 2. The Labute approximate surface area is 181 Å². The summed E-state index contributed by atoms with van der Waals surface area (Å²) < 4.78 is 5.12. The Morgan fingerprint density at radius 2 is 1.87 bits per heavy atom. The molecule has 2 aromatic carbocycles. The fourth-order valence-electron chi connectivity index (χ4n) is 2.63. The first kappa shape index (κ1) is 21.8. The quantitative estimate of drug-likeness (QED) is 0.424. The Kier molecular flexibility index (Phi) is 6.55. The van der Waals surface area contributed by atoms with E-state index in [0.717, 1.165) is 5.56 Å². The predicted octanol–water partition coefficient (Wildman–Crippen LogP) is 3.19. The lowest BCUT2D eigenvalue weighted by molar-refractivity contribution is -0.385. The van der Waals surface area contributed by atoms with E-state index in [0.29, 0.717) is 16.3 Å². The topological polar surface area (TPSA) is 136 Å². The summed E-state index contributed by atoms with van der Waals surface area (Å²) in [5.41, 5.74) is 1.19. The molecule has 0 fully saturated rings. The molecule has 10 nitrogen and oxygen atoms in total. The minimum atomic E-state index is -0.902. The van der Waals surface area contributed by atoms with Crippen LogP contribution in [0.3, 0.4) is 0 Å². The van der Waals surface area contributed by atoms with Gasteiger partial charge in [0.05, 0.1) is 12.0 Å². The minimum Gasteiger partial charge on any atom is -0.497 e. The highest BCUT2D eigenvalue weighted by atomic mass is 32.1. The summed E-state index contributed by atoms with van der Waals surface area (Å²) in [6.07, 6.45) is 0. The zero-order valence-electron chi connectivity index (χ0n) is 16.9. The normalized spacial score (nSPS) is 11.5. The largest absolute Gasteiger partial charge is 0.497 e. The van der Waals surface area contributed by atoms with Gasteiger partial charge in [0.1, 0.15) is 16.8 Å². The number of rotatable bonds is 7. The van der Waals surface area contributed by atoms with Crippen molar-refractivity contribution in [3.8, 4) is 16.3 Å². The van der Waals surface area contributed by atoms with Gasteiger partial charge in [-0.2, -0.15) is 0 Å². The molecule has 0 aliphatic carbocycles. The van der Waals surface area contributed by atoms with E-state index in [2.05, 4.69) is 20.8 Å². The van der Waals surface area contributed by atoms with Crippen LogP contribution in [-0.4, -0.2) is 40.1 Å². The molecular weight excluding hydrogens is 422 g/mol. The molecule has 2 N–H and O–H groups in total. The summed E-state index contributed by atoms with van der Waals surface area (Å²) in [5.74, 6) is -0.375. The van der Waals surface area contributed by atoms with Crippen molar-refractivity contribution in [3.63, 3.8) is 0 Å². The number of hydrogen-bond acceptors (Lipinski definition) is 8. The second-order valence-electron chi connectivity index (χ2n) is 6.58. The van der Waals surface area contributed by atoms with Crippen LogP contribution >= 0.6 is 11.3 Å². The first-order valence-electron chi connectivity index (χ1n) is 9.13. The number of carbonyl (C=O) groups is 2. The van der Waals surface area contributed by atoms with Gasteiger partial charge in [0.25, 0.3) is 11.6 Å². The Hall–Kier alpha value is -3.86. The molecule has 0 saturated carbocycles. The van der Waals surface area contributed by atoms with Gasteiger partial charge in [-0.1, -0.05) is 17.4 Å². The third kappa shape index (κ3) is 5.20. The van der Waals surface area contributed by atoms with E-state index in [4.69, 9.17) is 4.74 Å². The molecule has 3 rings (SSSR count). The molecule has 3 aromatic rings. The van der Waals surface area contributed by atoms with Crippen molar-refractivity contribution in [1.29, 1.82) is 0 Å². The van der Waals surface area contributed by atoms with Crippen molar-refractivity contribution < 1.29 is 19.2 Å². The van der Waals surface area contributed by atoms with Gasteiger partial charge in [-0.05, 0) is 44.2 Å². The summed E-state index contributed by atoms with van der Waals surface area (Å²) in [6.45, 7) is 3.08. The van der Waals surface area contributed by atoms with Crippen molar-refractivity contribution >= 4 is 34.0 Å². The predicted molar refractivity (Wildman–Crippen MR) is 115 cm³/mol. The van der Waals surface area contributed by atoms with Gasteiger partial charge in [0, 0.05) is 22.8 Å². The van der Waals surface area contributed by atoms with Crippen LogP contribution in [0.1, 0.15) is 22.8 Å². The maximum Gasteiger partial charge on any atom is 0.273 e. The number of benzene rings is 2. The molecule has 0 spiro atoms. The Morgan fingerprint density at radius 3 is 2.52 bits per heavy atom. The SMILES string of the molecule is COc1ccc(-c2nnc(NC(=O)C(C)NC(=O)c3ccc(C)c([N+](=O)[O-])c3)s2)cc1. The number of hydrogen-bond donors (Lipinski definition) is 2. The molecule has 160 valence electrons. The van der Waals surface area contributed by atoms with E-state index in [1.807, 2.05) is 12.1 Å². The van der Waals surface area contributed by atoms with Crippen molar-refractivity contribution in [2.24, 2.45) is 0 Å². The monoisotopic (exact) mass is 441 g/mol. The second-order valence-corrected chi connectivity index (χ2v) is 7.56. The number of ether oxygens (including phenoxy) is 1. The molecule has 11 heteroatoms. The Bertz CT molecular complexity index is 1130. The van der Waals surface area contributed by atoms with Gasteiger partial charge in [-0.3, -0.25) is 25.0 Å². The zero-order chi connectivity index (χ0) is 22.5. The van der Waals surface area contributed by atoms with Gasteiger partial charge < -0.3 is 10.1 Å². The van der Waals surface area contributed by atoms with E-state index in [1.165, 1.54) is 36.5 Å². The Balaban J connectivity index is 1.63. The lowest BCUT2D eigenvalue weighted by atomic mass is 10.1. The van der Waals surface area contributed by atoms with Crippen LogP contribution in [-0.2, 0) is 4.79 Å². The first-order valence-corrected chi connectivity index (χ1v) is 9.95. The highest BCUT2D eigenvalue weighted by Gasteiger charge is 2.20. The summed E-state index contributed by atoms with van der Waals surface area (Å²) in [5, 5.41) is 25.1. The number of nitro benzene ring substituents is 1. The molecule has 1 heterocycles. The van der Waals surface area contributed by atoms with Crippen molar-refractivity contribution in [2.45, 2.75) is 19.9 Å². The Morgan fingerprint density at radius 1 is 1.16 bits per heavy atom. The van der Waals surface area contributed by atoms with E-state index < -0.39 is 22.8 Å². The van der Waals surface area contributed by atoms with Gasteiger partial charge in [-0.25, -0.2) is 0 Å². The highest BCUT2D eigenvalue weighted by Crippen LogP contribution is 2.27. The van der Waals surface area contributed by atoms with Crippen LogP contribution in [0.2, 0.25) is 0 Å². The fraction of sp³-hybridized carbons (Fsp3) is 0.200. The molecule has 31 heavy (non-hydrogen) atoms. The molecule has 1 atom stereocenters. The van der Waals surface area contributed by atoms with Crippen LogP contribution in [0, 0.1) is 17.0 Å². The maximum absolute atomic E-state index is 12.4. The van der Waals surface area contributed by atoms with Crippen LogP contribution < -0.4 is 15.4 Å². The van der Waals surface area contributed by atoms with Crippen molar-refractivity contribution in [2.75, 3.05) is 12.4 Å². The number of aryl methyl sites for hydroxylation is 1.